The second kappa shape index (κ2) is 14.3. The maximum atomic E-state index is 13.2. The minimum Gasteiger partial charge on any atom is -0.462 e. The van der Waals surface area contributed by atoms with Gasteiger partial charge in [-0.15, -0.1) is 0 Å². The number of nitrogens with zero attached hydrogens (tertiary/aromatic N) is 7. The number of aromatic nitrogens is 2. The minimum atomic E-state index is -0.607. The number of rotatable bonds is 7. The molecule has 5 rings (SSSR count). The normalized spacial score (nSPS) is 20.6. The summed E-state index contributed by atoms with van der Waals surface area (Å²) in [4.78, 5) is 47.4. The maximum Gasteiger partial charge on any atom is 0.410 e. The van der Waals surface area contributed by atoms with Crippen LogP contribution in [0.4, 0.5) is 15.4 Å². The highest BCUT2D eigenvalue weighted by Crippen LogP contribution is 2.31. The zero-order valence-corrected chi connectivity index (χ0v) is 26.9. The van der Waals surface area contributed by atoms with Gasteiger partial charge in [0.05, 0.1) is 12.2 Å². The van der Waals surface area contributed by atoms with E-state index in [-0.39, 0.29) is 37.8 Å². The van der Waals surface area contributed by atoms with Crippen molar-refractivity contribution in [1.29, 1.82) is 0 Å². The van der Waals surface area contributed by atoms with E-state index in [0.29, 0.717) is 45.2 Å². The molecule has 0 bridgehead atoms. The number of carbonyl (C=O) groups is 2. The molecule has 0 radical (unpaired) electrons. The highest BCUT2D eigenvalue weighted by molar-refractivity contribution is 5.69. The molecule has 242 valence electrons. The lowest BCUT2D eigenvalue weighted by molar-refractivity contribution is 0.0234. The summed E-state index contributed by atoms with van der Waals surface area (Å²) in [5, 5.41) is 0. The lowest BCUT2D eigenvalue weighted by atomic mass is 10.1. The van der Waals surface area contributed by atoms with Crippen LogP contribution in [0.3, 0.4) is 0 Å². The van der Waals surface area contributed by atoms with Crippen LogP contribution >= 0.6 is 0 Å². The Bertz CT molecular complexity index is 1380. The number of hydrogen-bond acceptors (Lipinski definition) is 9. The standard InChI is InChI=1S/C33H45N7O5/c1-33(2,3)45-31(41)39-16-10-14-27-28(21-39)35-30(43-23-25-13-9-15-37(25)5)36-29(27)38-17-18-40(26(20-38)19-34-4)32(42)44-22-24-11-7-6-8-12-24/h6-8,11-12,25-26H,9-10,13-23H2,1-3,5H3/t25-,26-/m0/s1. The Kier molecular flexibility index (Phi) is 10.3. The van der Waals surface area contributed by atoms with Crippen LogP contribution in [0.15, 0.2) is 30.3 Å². The smallest absolute Gasteiger partial charge is 0.410 e. The van der Waals surface area contributed by atoms with Crippen LogP contribution in [0, 0.1) is 6.57 Å². The SMILES string of the molecule is [C-]#[N+]C[C@H]1CN(c2nc(OC[C@@H]3CCCN3C)nc3c2CCCN(C(=O)OC(C)(C)C)C3)CCN1C(=O)OCc1ccccc1. The summed E-state index contributed by atoms with van der Waals surface area (Å²) < 4.78 is 17.6. The third-order valence-corrected chi connectivity index (χ3v) is 8.50. The van der Waals surface area contributed by atoms with Crippen molar-refractivity contribution in [2.75, 3.05) is 57.8 Å². The van der Waals surface area contributed by atoms with E-state index in [1.165, 1.54) is 0 Å². The molecular formula is C33H45N7O5. The Morgan fingerprint density at radius 2 is 1.82 bits per heavy atom. The fraction of sp³-hybridized carbons (Fsp3) is 0.606. The van der Waals surface area contributed by atoms with E-state index in [1.807, 2.05) is 51.1 Å². The Balaban J connectivity index is 1.38. The average molecular weight is 620 g/mol. The fourth-order valence-corrected chi connectivity index (χ4v) is 6.11. The van der Waals surface area contributed by atoms with Crippen LogP contribution in [-0.2, 0) is 29.0 Å². The number of ether oxygens (including phenoxy) is 3. The third-order valence-electron chi connectivity index (χ3n) is 8.50. The molecule has 3 aliphatic rings. The summed E-state index contributed by atoms with van der Waals surface area (Å²) >= 11 is 0. The van der Waals surface area contributed by atoms with Crippen LogP contribution in [0.2, 0.25) is 0 Å². The van der Waals surface area contributed by atoms with Gasteiger partial charge in [-0.1, -0.05) is 30.3 Å². The molecule has 45 heavy (non-hydrogen) atoms. The van der Waals surface area contributed by atoms with E-state index < -0.39 is 11.7 Å². The number of likely N-dealkylation sites (N-methyl/N-ethyl adjacent to an activating group) is 1. The molecule has 0 N–H and O–H groups in total. The Morgan fingerprint density at radius 1 is 1.02 bits per heavy atom. The molecule has 0 saturated carbocycles. The van der Waals surface area contributed by atoms with E-state index in [4.69, 9.17) is 30.8 Å². The largest absolute Gasteiger partial charge is 0.462 e. The third kappa shape index (κ3) is 8.34. The second-order valence-electron chi connectivity index (χ2n) is 13.0. The van der Waals surface area contributed by atoms with Gasteiger partial charge in [-0.3, -0.25) is 4.90 Å². The van der Waals surface area contributed by atoms with Crippen LogP contribution < -0.4 is 9.64 Å². The maximum absolute atomic E-state index is 13.2. The summed E-state index contributed by atoms with van der Waals surface area (Å²) in [5.74, 6) is 0.744. The number of piperazine rings is 1. The van der Waals surface area contributed by atoms with E-state index in [2.05, 4.69) is 21.7 Å². The molecule has 0 unspecified atom stereocenters. The molecule has 0 aliphatic carbocycles. The van der Waals surface area contributed by atoms with Gasteiger partial charge in [-0.2, -0.15) is 9.97 Å². The number of likely N-dealkylation sites (tertiary alicyclic amines) is 1. The van der Waals surface area contributed by atoms with Crippen LogP contribution in [-0.4, -0.2) is 107 Å². The molecule has 12 nitrogen and oxygen atoms in total. The first-order valence-corrected chi connectivity index (χ1v) is 15.9. The van der Waals surface area contributed by atoms with Crippen molar-refractivity contribution in [1.82, 2.24) is 24.7 Å². The van der Waals surface area contributed by atoms with Crippen LogP contribution in [0.1, 0.15) is 56.9 Å². The first kappa shape index (κ1) is 32.3. The van der Waals surface area contributed by atoms with Crippen molar-refractivity contribution in [3.8, 4) is 6.01 Å². The monoisotopic (exact) mass is 619 g/mol. The van der Waals surface area contributed by atoms with Crippen LogP contribution in [0.25, 0.3) is 4.85 Å². The molecule has 2 saturated heterocycles. The second-order valence-corrected chi connectivity index (χ2v) is 13.0. The number of benzene rings is 1. The summed E-state index contributed by atoms with van der Waals surface area (Å²) in [6.45, 7) is 17.2. The van der Waals surface area contributed by atoms with Crippen molar-refractivity contribution < 1.29 is 23.8 Å². The van der Waals surface area contributed by atoms with Gasteiger partial charge in [0.15, 0.2) is 0 Å². The molecule has 12 heteroatoms. The van der Waals surface area contributed by atoms with Crippen molar-refractivity contribution >= 4 is 18.0 Å². The number of anilines is 1. The van der Waals surface area contributed by atoms with Gasteiger partial charge in [0.25, 0.3) is 0 Å². The molecule has 0 spiro atoms. The molecule has 2 fully saturated rings. The topological polar surface area (TPSA) is 105 Å². The van der Waals surface area contributed by atoms with Gasteiger partial charge in [0.1, 0.15) is 30.7 Å². The molecule has 2 atom stereocenters. The molecule has 4 heterocycles. The number of carbonyl (C=O) groups excluding carboxylic acids is 2. The number of amides is 2. The van der Waals surface area contributed by atoms with Crippen LogP contribution in [0.5, 0.6) is 6.01 Å². The quantitative estimate of drug-likeness (QED) is 0.418. The van der Waals surface area contributed by atoms with E-state index in [9.17, 15) is 9.59 Å². The zero-order chi connectivity index (χ0) is 32.0. The summed E-state index contributed by atoms with van der Waals surface area (Å²) in [6, 6.07) is 9.77. The lowest BCUT2D eigenvalue weighted by Crippen LogP contribution is -2.56. The Morgan fingerprint density at radius 3 is 2.53 bits per heavy atom. The average Bonchev–Trinajstić information content (AvgIpc) is 3.29. The van der Waals surface area contributed by atoms with E-state index >= 15 is 0 Å². The molecule has 2 aromatic rings. The van der Waals surface area contributed by atoms with Crippen molar-refractivity contribution in [3.63, 3.8) is 0 Å². The first-order chi connectivity index (χ1) is 21.6. The van der Waals surface area contributed by atoms with Crippen molar-refractivity contribution in [3.05, 3.63) is 58.6 Å². The Hall–Kier alpha value is -4.11. The summed E-state index contributed by atoms with van der Waals surface area (Å²) in [5.41, 5.74) is 2.01. The summed E-state index contributed by atoms with van der Waals surface area (Å²) in [7, 11) is 2.10. The number of fused-ring (bicyclic) bond motifs is 1. The van der Waals surface area contributed by atoms with E-state index in [1.54, 1.807) is 9.80 Å². The predicted molar refractivity (Wildman–Crippen MR) is 169 cm³/mol. The predicted octanol–water partition coefficient (Wildman–Crippen LogP) is 4.38. The molecule has 1 aromatic heterocycles. The van der Waals surface area contributed by atoms with Gasteiger partial charge in [-0.25, -0.2) is 16.2 Å². The van der Waals surface area contributed by atoms with E-state index in [0.717, 1.165) is 48.4 Å². The Labute approximate surface area is 266 Å². The molecule has 1 aromatic carbocycles. The van der Waals surface area contributed by atoms with Gasteiger partial charge < -0.3 is 33.8 Å². The number of hydrogen-bond donors (Lipinski definition) is 0. The summed E-state index contributed by atoms with van der Waals surface area (Å²) in [6.07, 6.45) is 2.81. The zero-order valence-electron chi connectivity index (χ0n) is 26.9. The van der Waals surface area contributed by atoms with Crippen molar-refractivity contribution in [2.45, 2.75) is 77.3 Å². The van der Waals surface area contributed by atoms with Gasteiger partial charge in [0, 0.05) is 37.8 Å². The fourth-order valence-electron chi connectivity index (χ4n) is 6.11. The highest BCUT2D eigenvalue weighted by Gasteiger charge is 2.36. The first-order valence-electron chi connectivity index (χ1n) is 15.9. The van der Waals surface area contributed by atoms with Gasteiger partial charge in [0.2, 0.25) is 6.54 Å². The van der Waals surface area contributed by atoms with Crippen molar-refractivity contribution in [2.24, 2.45) is 0 Å². The van der Waals surface area contributed by atoms with Gasteiger partial charge >= 0.3 is 18.2 Å². The minimum absolute atomic E-state index is 0.147. The van der Waals surface area contributed by atoms with Gasteiger partial charge in [-0.05, 0) is 65.6 Å². The molecular weight excluding hydrogens is 574 g/mol. The highest BCUT2D eigenvalue weighted by atomic mass is 16.6. The molecule has 3 aliphatic heterocycles. The lowest BCUT2D eigenvalue weighted by Gasteiger charge is -2.39. The molecule has 2 amide bonds.